The molecule has 1 aliphatic rings. The van der Waals surface area contributed by atoms with Crippen molar-refractivity contribution in [1.29, 1.82) is 0 Å². The minimum Gasteiger partial charge on any atom is -0.493 e. The fourth-order valence-corrected chi connectivity index (χ4v) is 3.19. The van der Waals surface area contributed by atoms with Gasteiger partial charge in [0.25, 0.3) is 0 Å². The third kappa shape index (κ3) is 6.42. The van der Waals surface area contributed by atoms with Crippen LogP contribution in [-0.4, -0.2) is 31.7 Å². The highest BCUT2D eigenvalue weighted by atomic mass is 16.5. The molecule has 0 saturated carbocycles. The number of likely N-dealkylation sites (tertiary alicyclic amines) is 1. The molecule has 0 atom stereocenters. The van der Waals surface area contributed by atoms with Crippen molar-refractivity contribution in [3.8, 4) is 11.5 Å². The van der Waals surface area contributed by atoms with Crippen LogP contribution in [0, 0.1) is 0 Å². The second kappa shape index (κ2) is 10.5. The summed E-state index contributed by atoms with van der Waals surface area (Å²) in [5, 5.41) is 0. The molecular weight excluding hydrogens is 286 g/mol. The van der Waals surface area contributed by atoms with Gasteiger partial charge in [-0.3, -0.25) is 4.90 Å². The Kier molecular flexibility index (Phi) is 8.30. The van der Waals surface area contributed by atoms with Crippen molar-refractivity contribution in [3.05, 3.63) is 23.8 Å². The monoisotopic (exact) mass is 319 g/mol. The molecule has 3 heteroatoms. The summed E-state index contributed by atoms with van der Waals surface area (Å²) in [6.07, 6.45) is 10.4. The Balaban J connectivity index is 1.75. The van der Waals surface area contributed by atoms with Gasteiger partial charge in [-0.05, 0) is 50.0 Å². The fourth-order valence-electron chi connectivity index (χ4n) is 3.19. The van der Waals surface area contributed by atoms with E-state index in [1.54, 1.807) is 7.11 Å². The lowest BCUT2D eigenvalue weighted by molar-refractivity contribution is 0.283. The van der Waals surface area contributed by atoms with Gasteiger partial charge in [0.05, 0.1) is 13.7 Å². The third-order valence-corrected chi connectivity index (χ3v) is 4.59. The van der Waals surface area contributed by atoms with Crippen molar-refractivity contribution in [2.24, 2.45) is 0 Å². The van der Waals surface area contributed by atoms with E-state index >= 15 is 0 Å². The van der Waals surface area contributed by atoms with Crippen LogP contribution in [0.25, 0.3) is 0 Å². The van der Waals surface area contributed by atoms with Crippen LogP contribution in [0.3, 0.4) is 0 Å². The van der Waals surface area contributed by atoms with Crippen LogP contribution < -0.4 is 9.47 Å². The lowest BCUT2D eigenvalue weighted by Gasteiger charge is -2.16. The van der Waals surface area contributed by atoms with E-state index in [0.717, 1.165) is 31.1 Å². The second-order valence-corrected chi connectivity index (χ2v) is 6.58. The van der Waals surface area contributed by atoms with Crippen LogP contribution in [0.4, 0.5) is 0 Å². The van der Waals surface area contributed by atoms with Crippen LogP contribution in [0.15, 0.2) is 18.2 Å². The van der Waals surface area contributed by atoms with Gasteiger partial charge in [-0.15, -0.1) is 0 Å². The highest BCUT2D eigenvalue weighted by molar-refractivity contribution is 5.43. The highest BCUT2D eigenvalue weighted by Crippen LogP contribution is 2.29. The first-order valence-corrected chi connectivity index (χ1v) is 9.35. The smallest absolute Gasteiger partial charge is 0.161 e. The van der Waals surface area contributed by atoms with Gasteiger partial charge in [0.1, 0.15) is 0 Å². The maximum atomic E-state index is 5.92. The Morgan fingerprint density at radius 2 is 1.70 bits per heavy atom. The topological polar surface area (TPSA) is 21.7 Å². The van der Waals surface area contributed by atoms with Gasteiger partial charge in [0.15, 0.2) is 11.5 Å². The van der Waals surface area contributed by atoms with E-state index in [9.17, 15) is 0 Å². The molecule has 1 aliphatic heterocycles. The van der Waals surface area contributed by atoms with Crippen molar-refractivity contribution in [2.75, 3.05) is 26.8 Å². The summed E-state index contributed by atoms with van der Waals surface area (Å²) in [5.74, 6) is 1.75. The number of hydrogen-bond donors (Lipinski definition) is 0. The first-order valence-electron chi connectivity index (χ1n) is 9.35. The minimum atomic E-state index is 0.786. The zero-order chi connectivity index (χ0) is 16.3. The van der Waals surface area contributed by atoms with Crippen LogP contribution in [-0.2, 0) is 6.54 Å². The molecule has 1 heterocycles. The molecule has 2 rings (SSSR count). The van der Waals surface area contributed by atoms with Gasteiger partial charge in [0, 0.05) is 6.54 Å². The Morgan fingerprint density at radius 3 is 2.43 bits per heavy atom. The number of benzene rings is 1. The molecule has 0 aromatic heterocycles. The standard InChI is InChI=1S/C20H33NO2/c1-3-4-5-6-7-10-15-23-19-12-11-18(16-20(19)22-2)17-21-13-8-9-14-21/h11-12,16H,3-10,13-15,17H2,1-2H3. The molecule has 0 unspecified atom stereocenters. The number of hydrogen-bond acceptors (Lipinski definition) is 3. The van der Waals surface area contributed by atoms with Gasteiger partial charge < -0.3 is 9.47 Å². The van der Waals surface area contributed by atoms with E-state index in [4.69, 9.17) is 9.47 Å². The lowest BCUT2D eigenvalue weighted by atomic mass is 10.1. The zero-order valence-electron chi connectivity index (χ0n) is 15.0. The van der Waals surface area contributed by atoms with Crippen LogP contribution >= 0.6 is 0 Å². The first-order chi connectivity index (χ1) is 11.3. The molecule has 0 aliphatic carbocycles. The predicted molar refractivity (Wildman–Crippen MR) is 96.4 cm³/mol. The first kappa shape index (κ1) is 18.1. The molecule has 0 N–H and O–H groups in total. The summed E-state index contributed by atoms with van der Waals surface area (Å²) < 4.78 is 11.4. The largest absolute Gasteiger partial charge is 0.493 e. The summed E-state index contributed by atoms with van der Waals surface area (Å²) in [5.41, 5.74) is 1.32. The number of ether oxygens (including phenoxy) is 2. The van der Waals surface area contributed by atoms with E-state index in [-0.39, 0.29) is 0 Å². The van der Waals surface area contributed by atoms with E-state index in [1.165, 1.54) is 63.6 Å². The van der Waals surface area contributed by atoms with Crippen molar-refractivity contribution < 1.29 is 9.47 Å². The molecule has 0 bridgehead atoms. The molecule has 0 amide bonds. The van der Waals surface area contributed by atoms with Gasteiger partial charge in [-0.25, -0.2) is 0 Å². The SMILES string of the molecule is CCCCCCCCOc1ccc(CN2CCCC2)cc1OC. The zero-order valence-corrected chi connectivity index (χ0v) is 15.0. The van der Waals surface area contributed by atoms with Crippen LogP contribution in [0.2, 0.25) is 0 Å². The maximum absolute atomic E-state index is 5.92. The number of nitrogens with zero attached hydrogens (tertiary/aromatic N) is 1. The van der Waals surface area contributed by atoms with Crippen LogP contribution in [0.1, 0.15) is 63.9 Å². The van der Waals surface area contributed by atoms with Gasteiger partial charge in [-0.1, -0.05) is 45.1 Å². The molecule has 0 spiro atoms. The number of unbranched alkanes of at least 4 members (excludes halogenated alkanes) is 5. The molecule has 1 aromatic rings. The molecule has 1 aromatic carbocycles. The van der Waals surface area contributed by atoms with Gasteiger partial charge >= 0.3 is 0 Å². The summed E-state index contributed by atoms with van der Waals surface area (Å²) in [7, 11) is 1.73. The van der Waals surface area contributed by atoms with Gasteiger partial charge in [0.2, 0.25) is 0 Å². The molecule has 1 fully saturated rings. The van der Waals surface area contributed by atoms with E-state index in [0.29, 0.717) is 0 Å². The second-order valence-electron chi connectivity index (χ2n) is 6.58. The summed E-state index contributed by atoms with van der Waals surface area (Å²) >= 11 is 0. The van der Waals surface area contributed by atoms with E-state index in [1.807, 2.05) is 0 Å². The number of methoxy groups -OCH3 is 1. The van der Waals surface area contributed by atoms with Crippen LogP contribution in [0.5, 0.6) is 11.5 Å². The molecule has 3 nitrogen and oxygen atoms in total. The summed E-state index contributed by atoms with van der Waals surface area (Å²) in [6.45, 7) is 6.50. The predicted octanol–water partition coefficient (Wildman–Crippen LogP) is 5.03. The maximum Gasteiger partial charge on any atom is 0.161 e. The molecule has 130 valence electrons. The number of rotatable bonds is 11. The summed E-state index contributed by atoms with van der Waals surface area (Å²) in [6, 6.07) is 6.38. The van der Waals surface area contributed by atoms with E-state index in [2.05, 4.69) is 30.0 Å². The van der Waals surface area contributed by atoms with Crippen molar-refractivity contribution >= 4 is 0 Å². The van der Waals surface area contributed by atoms with E-state index < -0.39 is 0 Å². The van der Waals surface area contributed by atoms with Crippen molar-refractivity contribution in [2.45, 2.75) is 64.8 Å². The molecule has 23 heavy (non-hydrogen) atoms. The third-order valence-electron chi connectivity index (χ3n) is 4.59. The molecule has 1 saturated heterocycles. The Morgan fingerprint density at radius 1 is 0.957 bits per heavy atom. The summed E-state index contributed by atoms with van der Waals surface area (Å²) in [4.78, 5) is 2.51. The highest BCUT2D eigenvalue weighted by Gasteiger charge is 2.13. The fraction of sp³-hybridized carbons (Fsp3) is 0.700. The normalized spacial score (nSPS) is 15.0. The molecule has 0 radical (unpaired) electrons. The van der Waals surface area contributed by atoms with Gasteiger partial charge in [-0.2, -0.15) is 0 Å². The Bertz CT molecular complexity index is 441. The van der Waals surface area contributed by atoms with Crippen molar-refractivity contribution in [3.63, 3.8) is 0 Å². The average molecular weight is 319 g/mol. The quantitative estimate of drug-likeness (QED) is 0.534. The molecular formula is C20H33NO2. The minimum absolute atomic E-state index is 0.786. The lowest BCUT2D eigenvalue weighted by Crippen LogP contribution is -2.18. The average Bonchev–Trinajstić information content (AvgIpc) is 3.08. The van der Waals surface area contributed by atoms with Crippen molar-refractivity contribution in [1.82, 2.24) is 4.90 Å². The Labute approximate surface area is 142 Å². The Hall–Kier alpha value is -1.22.